The van der Waals surface area contributed by atoms with Crippen molar-refractivity contribution in [1.82, 2.24) is 14.9 Å². The first-order chi connectivity index (χ1) is 11.8. The summed E-state index contributed by atoms with van der Waals surface area (Å²) in [7, 11) is 0. The third kappa shape index (κ3) is 6.59. The number of carbonyl (C=O) groups excluding carboxylic acids is 1. The molecule has 1 N–H and O–H groups in total. The Morgan fingerprint density at radius 3 is 2.60 bits per heavy atom. The van der Waals surface area contributed by atoms with E-state index in [4.69, 9.17) is 21.4 Å². The Hall–Kier alpha value is -1.73. The van der Waals surface area contributed by atoms with E-state index in [9.17, 15) is 9.59 Å². The fourth-order valence-electron chi connectivity index (χ4n) is 2.14. The Balaban J connectivity index is 3.00. The van der Waals surface area contributed by atoms with Gasteiger partial charge in [-0.3, -0.25) is 9.59 Å². The van der Waals surface area contributed by atoms with Gasteiger partial charge in [-0.15, -0.1) is 0 Å². The smallest absolute Gasteiger partial charge is 0.308 e. The lowest BCUT2D eigenvalue weighted by Gasteiger charge is -2.24. The quantitative estimate of drug-likeness (QED) is 0.636. The summed E-state index contributed by atoms with van der Waals surface area (Å²) >= 11 is 6.11. The summed E-state index contributed by atoms with van der Waals surface area (Å²) < 4.78 is 5.29. The van der Waals surface area contributed by atoms with E-state index in [1.165, 1.54) is 11.1 Å². The van der Waals surface area contributed by atoms with E-state index in [1.54, 1.807) is 6.92 Å². The van der Waals surface area contributed by atoms with Crippen molar-refractivity contribution < 1.29 is 19.4 Å². The first kappa shape index (κ1) is 21.3. The Kier molecular flexibility index (Phi) is 8.78. The van der Waals surface area contributed by atoms with E-state index in [0.29, 0.717) is 32.0 Å². The van der Waals surface area contributed by atoms with Crippen molar-refractivity contribution in [2.24, 2.45) is 5.92 Å². The van der Waals surface area contributed by atoms with Crippen LogP contribution in [0.5, 0.6) is 0 Å². The number of halogens is 1. The highest BCUT2D eigenvalue weighted by atomic mass is 35.5. The number of hydrogen-bond donors (Lipinski definition) is 1. The van der Waals surface area contributed by atoms with Gasteiger partial charge in [0, 0.05) is 32.2 Å². The first-order valence-electron chi connectivity index (χ1n) is 8.40. The molecule has 0 aliphatic heterocycles. The summed E-state index contributed by atoms with van der Waals surface area (Å²) in [6.07, 6.45) is 2.02. The van der Waals surface area contributed by atoms with Crippen molar-refractivity contribution in [2.45, 2.75) is 40.0 Å². The minimum atomic E-state index is -0.959. The molecule has 1 heterocycles. The lowest BCUT2D eigenvalue weighted by atomic mass is 10.1. The van der Waals surface area contributed by atoms with Gasteiger partial charge in [0.25, 0.3) is 5.91 Å². The second kappa shape index (κ2) is 10.3. The van der Waals surface area contributed by atoms with Crippen LogP contribution in [-0.2, 0) is 9.53 Å². The van der Waals surface area contributed by atoms with Gasteiger partial charge >= 0.3 is 5.97 Å². The molecule has 7 nitrogen and oxygen atoms in total. The van der Waals surface area contributed by atoms with Gasteiger partial charge in [-0.05, 0) is 13.3 Å². The maximum absolute atomic E-state index is 12.9. The maximum Gasteiger partial charge on any atom is 0.308 e. The highest BCUT2D eigenvalue weighted by Gasteiger charge is 2.25. The van der Waals surface area contributed by atoms with Gasteiger partial charge in [-0.1, -0.05) is 32.4 Å². The van der Waals surface area contributed by atoms with E-state index < -0.39 is 11.9 Å². The summed E-state index contributed by atoms with van der Waals surface area (Å²) in [4.78, 5) is 33.9. The van der Waals surface area contributed by atoms with Crippen LogP contribution in [0.15, 0.2) is 6.20 Å². The molecule has 1 atom stereocenters. The summed E-state index contributed by atoms with van der Waals surface area (Å²) in [5, 5.41) is 9.31. The predicted molar refractivity (Wildman–Crippen MR) is 94.9 cm³/mol. The normalized spacial score (nSPS) is 12.2. The van der Waals surface area contributed by atoms with E-state index in [-0.39, 0.29) is 29.1 Å². The molecule has 0 radical (unpaired) electrons. The predicted octanol–water partition coefficient (Wildman–Crippen LogP) is 2.84. The number of carboxylic acid groups (broad SMARTS) is 1. The molecule has 140 valence electrons. The lowest BCUT2D eigenvalue weighted by Crippen LogP contribution is -2.38. The zero-order chi connectivity index (χ0) is 19.0. The fraction of sp³-hybridized carbons (Fsp3) is 0.647. The minimum absolute atomic E-state index is 0.0492. The van der Waals surface area contributed by atoms with Gasteiger partial charge in [0.1, 0.15) is 5.82 Å². The molecule has 0 fully saturated rings. The van der Waals surface area contributed by atoms with Crippen molar-refractivity contribution >= 4 is 23.5 Å². The van der Waals surface area contributed by atoms with Crippen LogP contribution >= 0.6 is 11.6 Å². The van der Waals surface area contributed by atoms with Crippen molar-refractivity contribution in [3.8, 4) is 0 Å². The SMILES string of the molecule is CCOCCCN(CC(C)C(=O)O)C(=O)c1nc(C(C)C)ncc1Cl. The van der Waals surface area contributed by atoms with E-state index >= 15 is 0 Å². The van der Waals surface area contributed by atoms with Crippen LogP contribution in [0.3, 0.4) is 0 Å². The molecule has 1 aromatic heterocycles. The largest absolute Gasteiger partial charge is 0.481 e. The van der Waals surface area contributed by atoms with Gasteiger partial charge in [0.2, 0.25) is 0 Å². The van der Waals surface area contributed by atoms with E-state index in [0.717, 1.165) is 0 Å². The maximum atomic E-state index is 12.9. The molecule has 1 unspecified atom stereocenters. The summed E-state index contributed by atoms with van der Waals surface area (Å²) in [5.74, 6) is -1.47. The number of nitrogens with zero attached hydrogens (tertiary/aromatic N) is 3. The summed E-state index contributed by atoms with van der Waals surface area (Å²) in [6.45, 7) is 8.83. The van der Waals surface area contributed by atoms with E-state index in [1.807, 2.05) is 20.8 Å². The van der Waals surface area contributed by atoms with Crippen LogP contribution in [0.1, 0.15) is 56.3 Å². The molecule has 0 aliphatic rings. The van der Waals surface area contributed by atoms with Crippen molar-refractivity contribution in [1.29, 1.82) is 0 Å². The number of amides is 1. The highest BCUT2D eigenvalue weighted by Crippen LogP contribution is 2.19. The Morgan fingerprint density at radius 1 is 1.36 bits per heavy atom. The molecular weight excluding hydrogens is 346 g/mol. The second-order valence-corrected chi connectivity index (χ2v) is 6.53. The number of ether oxygens (including phenoxy) is 1. The molecule has 0 spiro atoms. The Labute approximate surface area is 153 Å². The third-order valence-corrected chi connectivity index (χ3v) is 3.88. The van der Waals surface area contributed by atoms with E-state index in [2.05, 4.69) is 9.97 Å². The molecule has 25 heavy (non-hydrogen) atoms. The van der Waals surface area contributed by atoms with Gasteiger partial charge in [-0.25, -0.2) is 9.97 Å². The van der Waals surface area contributed by atoms with Crippen molar-refractivity contribution in [2.75, 3.05) is 26.3 Å². The number of aliphatic carboxylic acids is 1. The molecular formula is C17H26ClN3O4. The van der Waals surface area contributed by atoms with Crippen LogP contribution < -0.4 is 0 Å². The molecule has 0 saturated heterocycles. The molecule has 0 bridgehead atoms. The number of aromatic nitrogens is 2. The van der Waals surface area contributed by atoms with Gasteiger partial charge in [0.15, 0.2) is 5.69 Å². The number of carbonyl (C=O) groups is 2. The zero-order valence-electron chi connectivity index (χ0n) is 15.2. The Bertz CT molecular complexity index is 595. The monoisotopic (exact) mass is 371 g/mol. The van der Waals surface area contributed by atoms with Crippen LogP contribution in [0, 0.1) is 5.92 Å². The molecule has 0 saturated carbocycles. The van der Waals surface area contributed by atoms with Crippen molar-refractivity contribution in [3.05, 3.63) is 22.7 Å². The number of hydrogen-bond acceptors (Lipinski definition) is 5. The zero-order valence-corrected chi connectivity index (χ0v) is 15.9. The average Bonchev–Trinajstić information content (AvgIpc) is 2.56. The molecule has 1 amide bonds. The van der Waals surface area contributed by atoms with Gasteiger partial charge in [-0.2, -0.15) is 0 Å². The molecule has 8 heteroatoms. The topological polar surface area (TPSA) is 92.6 Å². The standard InChI is InChI=1S/C17H26ClN3O4/c1-5-25-8-6-7-21(10-12(4)17(23)24)16(22)14-13(18)9-19-15(20-14)11(2)3/h9,11-12H,5-8,10H2,1-4H3,(H,23,24). The van der Waals surface area contributed by atoms with Gasteiger partial charge in [0.05, 0.1) is 17.1 Å². The van der Waals surface area contributed by atoms with Crippen LogP contribution in [-0.4, -0.2) is 58.2 Å². The minimum Gasteiger partial charge on any atom is -0.481 e. The highest BCUT2D eigenvalue weighted by molar-refractivity contribution is 6.33. The average molecular weight is 372 g/mol. The number of rotatable bonds is 10. The van der Waals surface area contributed by atoms with Crippen LogP contribution in [0.4, 0.5) is 0 Å². The van der Waals surface area contributed by atoms with Crippen LogP contribution in [0.2, 0.25) is 5.02 Å². The first-order valence-corrected chi connectivity index (χ1v) is 8.77. The summed E-state index contributed by atoms with van der Waals surface area (Å²) in [5.41, 5.74) is 0.106. The second-order valence-electron chi connectivity index (χ2n) is 6.12. The Morgan fingerprint density at radius 2 is 2.04 bits per heavy atom. The molecule has 1 rings (SSSR count). The van der Waals surface area contributed by atoms with Crippen LogP contribution in [0.25, 0.3) is 0 Å². The number of carboxylic acids is 1. The summed E-state index contributed by atoms with van der Waals surface area (Å²) in [6, 6.07) is 0. The third-order valence-electron chi connectivity index (χ3n) is 3.61. The molecule has 1 aromatic rings. The lowest BCUT2D eigenvalue weighted by molar-refractivity contribution is -0.141. The molecule has 0 aliphatic carbocycles. The molecule has 0 aromatic carbocycles. The fourth-order valence-corrected chi connectivity index (χ4v) is 2.32. The van der Waals surface area contributed by atoms with Crippen molar-refractivity contribution in [3.63, 3.8) is 0 Å². The van der Waals surface area contributed by atoms with Gasteiger partial charge < -0.3 is 14.7 Å².